The first-order valence-electron chi connectivity index (χ1n) is 9.74. The third kappa shape index (κ3) is 5.69. The van der Waals surface area contributed by atoms with Crippen molar-refractivity contribution in [3.8, 4) is 17.0 Å². The minimum absolute atomic E-state index is 0.0175. The van der Waals surface area contributed by atoms with Crippen LogP contribution in [-0.2, 0) is 16.1 Å². The lowest BCUT2D eigenvalue weighted by Crippen LogP contribution is -2.26. The number of rotatable bonds is 6. The molecule has 1 atom stereocenters. The Labute approximate surface area is 195 Å². The number of halogens is 3. The molecule has 0 aliphatic heterocycles. The van der Waals surface area contributed by atoms with Crippen molar-refractivity contribution in [3.63, 3.8) is 0 Å². The summed E-state index contributed by atoms with van der Waals surface area (Å²) in [5.74, 6) is -0.582. The van der Waals surface area contributed by atoms with Gasteiger partial charge in [-0.2, -0.15) is 0 Å². The van der Waals surface area contributed by atoms with Crippen LogP contribution in [0, 0.1) is 5.82 Å². The van der Waals surface area contributed by atoms with Crippen LogP contribution < -0.4 is 10.5 Å². The second-order valence-electron chi connectivity index (χ2n) is 8.14. The highest BCUT2D eigenvalue weighted by Crippen LogP contribution is 2.36. The summed E-state index contributed by atoms with van der Waals surface area (Å²) in [5, 5.41) is 0.154. The SMILES string of the molecule is CC(Oc1cc(-c2cn(CC(=O)OC(C)(C)C)cn2)cnc1N)c1c(Cl)ccc(F)c1Cl. The predicted molar refractivity (Wildman–Crippen MR) is 121 cm³/mol. The Morgan fingerprint density at radius 3 is 2.69 bits per heavy atom. The molecule has 10 heteroatoms. The second kappa shape index (κ2) is 9.34. The van der Waals surface area contributed by atoms with Crippen LogP contribution in [-0.4, -0.2) is 26.1 Å². The van der Waals surface area contributed by atoms with E-state index in [-0.39, 0.29) is 34.1 Å². The molecule has 0 fully saturated rings. The zero-order valence-corrected chi connectivity index (χ0v) is 19.5. The van der Waals surface area contributed by atoms with E-state index in [1.165, 1.54) is 24.7 Å². The number of aromatic nitrogens is 3. The summed E-state index contributed by atoms with van der Waals surface area (Å²) in [7, 11) is 0. The van der Waals surface area contributed by atoms with Gasteiger partial charge in [0.2, 0.25) is 0 Å². The lowest BCUT2D eigenvalue weighted by Gasteiger charge is -2.19. The number of benzene rings is 1. The number of esters is 1. The number of nitrogens with two attached hydrogens (primary N) is 1. The Morgan fingerprint density at radius 1 is 1.28 bits per heavy atom. The second-order valence-corrected chi connectivity index (χ2v) is 8.93. The zero-order valence-electron chi connectivity index (χ0n) is 18.0. The fourth-order valence-corrected chi connectivity index (χ4v) is 3.65. The normalized spacial score (nSPS) is 12.5. The van der Waals surface area contributed by atoms with Gasteiger partial charge in [0.1, 0.15) is 24.1 Å². The summed E-state index contributed by atoms with van der Waals surface area (Å²) < 4.78 is 26.7. The minimum Gasteiger partial charge on any atom is -0.482 e. The van der Waals surface area contributed by atoms with Gasteiger partial charge in [0.15, 0.2) is 11.6 Å². The summed E-state index contributed by atoms with van der Waals surface area (Å²) in [6.07, 6.45) is 4.04. The van der Waals surface area contributed by atoms with Gasteiger partial charge in [-0.15, -0.1) is 0 Å². The van der Waals surface area contributed by atoms with E-state index in [4.69, 9.17) is 38.4 Å². The van der Waals surface area contributed by atoms with Gasteiger partial charge in [-0.1, -0.05) is 23.2 Å². The van der Waals surface area contributed by atoms with Gasteiger partial charge in [0.25, 0.3) is 0 Å². The Balaban J connectivity index is 1.81. The van der Waals surface area contributed by atoms with Crippen LogP contribution in [0.4, 0.5) is 10.2 Å². The molecule has 3 rings (SSSR count). The van der Waals surface area contributed by atoms with Gasteiger partial charge in [0.05, 0.1) is 17.0 Å². The fourth-order valence-electron chi connectivity index (χ4n) is 2.97. The van der Waals surface area contributed by atoms with Crippen molar-refractivity contribution in [1.82, 2.24) is 14.5 Å². The largest absolute Gasteiger partial charge is 0.482 e. The number of anilines is 1. The van der Waals surface area contributed by atoms with Crippen molar-refractivity contribution in [2.75, 3.05) is 5.73 Å². The molecule has 0 radical (unpaired) electrons. The molecule has 0 saturated heterocycles. The predicted octanol–water partition coefficient (Wildman–Crippen LogP) is 5.45. The van der Waals surface area contributed by atoms with E-state index in [2.05, 4.69) is 9.97 Å². The van der Waals surface area contributed by atoms with Gasteiger partial charge in [-0.05, 0) is 45.9 Å². The Kier molecular flexibility index (Phi) is 6.95. The number of ether oxygens (including phenoxy) is 2. The molecular formula is C22H23Cl2FN4O3. The summed E-state index contributed by atoms with van der Waals surface area (Å²) >= 11 is 12.3. The molecule has 2 aromatic heterocycles. The molecule has 2 N–H and O–H groups in total. The molecule has 2 heterocycles. The maximum absolute atomic E-state index is 13.9. The molecule has 3 aromatic rings. The highest BCUT2D eigenvalue weighted by atomic mass is 35.5. The molecule has 0 aliphatic rings. The Hall–Kier alpha value is -2.84. The highest BCUT2D eigenvalue weighted by molar-refractivity contribution is 6.36. The number of hydrogen-bond donors (Lipinski definition) is 1. The monoisotopic (exact) mass is 480 g/mol. The highest BCUT2D eigenvalue weighted by Gasteiger charge is 2.21. The van der Waals surface area contributed by atoms with Gasteiger partial charge in [-0.3, -0.25) is 4.79 Å². The van der Waals surface area contributed by atoms with Crippen LogP contribution in [0.5, 0.6) is 5.75 Å². The van der Waals surface area contributed by atoms with Crippen LogP contribution in [0.15, 0.2) is 36.9 Å². The Morgan fingerprint density at radius 2 is 2.00 bits per heavy atom. The molecule has 7 nitrogen and oxygen atoms in total. The first kappa shape index (κ1) is 23.8. The lowest BCUT2D eigenvalue weighted by molar-refractivity contribution is -0.155. The van der Waals surface area contributed by atoms with Gasteiger partial charge >= 0.3 is 5.97 Å². The topological polar surface area (TPSA) is 92.3 Å². The third-order valence-electron chi connectivity index (χ3n) is 4.33. The average Bonchev–Trinajstić information content (AvgIpc) is 3.13. The van der Waals surface area contributed by atoms with Gasteiger partial charge in [0, 0.05) is 28.5 Å². The first-order chi connectivity index (χ1) is 14.9. The van der Waals surface area contributed by atoms with Crippen LogP contribution in [0.2, 0.25) is 10.0 Å². The van der Waals surface area contributed by atoms with Crippen LogP contribution in [0.1, 0.15) is 39.4 Å². The van der Waals surface area contributed by atoms with E-state index >= 15 is 0 Å². The molecule has 32 heavy (non-hydrogen) atoms. The van der Waals surface area contributed by atoms with E-state index in [1.807, 2.05) is 0 Å². The van der Waals surface area contributed by atoms with Crippen molar-refractivity contribution < 1.29 is 18.7 Å². The van der Waals surface area contributed by atoms with E-state index in [9.17, 15) is 9.18 Å². The fraction of sp³-hybridized carbons (Fsp3) is 0.318. The lowest BCUT2D eigenvalue weighted by atomic mass is 10.1. The number of nitrogens with zero attached hydrogens (tertiary/aromatic N) is 3. The van der Waals surface area contributed by atoms with Crippen LogP contribution >= 0.6 is 23.2 Å². The van der Waals surface area contributed by atoms with Crippen molar-refractivity contribution in [1.29, 1.82) is 0 Å². The number of carbonyl (C=O) groups excluding carboxylic acids is 1. The smallest absolute Gasteiger partial charge is 0.326 e. The number of hydrogen-bond acceptors (Lipinski definition) is 6. The first-order valence-corrected chi connectivity index (χ1v) is 10.5. The van der Waals surface area contributed by atoms with Crippen molar-refractivity contribution >= 4 is 35.0 Å². The molecule has 0 aliphatic carbocycles. The third-order valence-corrected chi connectivity index (χ3v) is 5.05. The summed E-state index contributed by atoms with van der Waals surface area (Å²) in [5.41, 5.74) is 6.87. The van der Waals surface area contributed by atoms with E-state index in [1.54, 1.807) is 44.5 Å². The van der Waals surface area contributed by atoms with Crippen molar-refractivity contribution in [3.05, 3.63) is 58.3 Å². The summed E-state index contributed by atoms with van der Waals surface area (Å²) in [4.78, 5) is 20.5. The van der Waals surface area contributed by atoms with Crippen molar-refractivity contribution in [2.24, 2.45) is 0 Å². The molecular weight excluding hydrogens is 458 g/mol. The molecule has 0 bridgehead atoms. The summed E-state index contributed by atoms with van der Waals surface area (Å²) in [6.45, 7) is 7.10. The van der Waals surface area contributed by atoms with E-state index in [0.29, 0.717) is 16.8 Å². The molecule has 0 saturated carbocycles. The van der Waals surface area contributed by atoms with Crippen molar-refractivity contribution in [2.45, 2.75) is 45.9 Å². The molecule has 0 spiro atoms. The molecule has 170 valence electrons. The van der Waals surface area contributed by atoms with Crippen LogP contribution in [0.25, 0.3) is 11.3 Å². The number of imidazole rings is 1. The maximum Gasteiger partial charge on any atom is 0.326 e. The average molecular weight is 481 g/mol. The zero-order chi connectivity index (χ0) is 23.6. The van der Waals surface area contributed by atoms with E-state index < -0.39 is 17.5 Å². The number of pyridine rings is 1. The summed E-state index contributed by atoms with van der Waals surface area (Å²) in [6, 6.07) is 4.25. The molecule has 1 unspecified atom stereocenters. The molecule has 0 amide bonds. The van der Waals surface area contributed by atoms with E-state index in [0.717, 1.165) is 0 Å². The maximum atomic E-state index is 13.9. The number of carbonyl (C=O) groups is 1. The standard InChI is InChI=1S/C22H23Cl2FN4O3/c1-12(19-14(23)5-6-15(25)20(19)24)31-17-7-13(8-27-21(17)26)16-9-29(11-28-16)10-18(30)32-22(2,3)4/h5-9,11-12H,10H2,1-4H3,(H2,26,27). The van der Waals surface area contributed by atoms with Gasteiger partial charge < -0.3 is 19.8 Å². The molecule has 1 aromatic carbocycles. The quantitative estimate of drug-likeness (QED) is 0.372. The Bertz CT molecular complexity index is 1140. The van der Waals surface area contributed by atoms with Crippen LogP contribution in [0.3, 0.4) is 0 Å². The number of nitrogen functional groups attached to an aromatic ring is 1. The van der Waals surface area contributed by atoms with Gasteiger partial charge in [-0.25, -0.2) is 14.4 Å². The minimum atomic E-state index is -0.699.